The molecule has 0 radical (unpaired) electrons. The van der Waals surface area contributed by atoms with E-state index in [0.29, 0.717) is 31.8 Å². The Hall–Kier alpha value is -1.46. The van der Waals surface area contributed by atoms with Crippen LogP contribution in [0.1, 0.15) is 16.8 Å². The van der Waals surface area contributed by atoms with Crippen LogP contribution in [-0.2, 0) is 9.47 Å². The van der Waals surface area contributed by atoms with Gasteiger partial charge in [0, 0.05) is 19.7 Å². The number of hydrogen-bond donors (Lipinski definition) is 1. The summed E-state index contributed by atoms with van der Waals surface area (Å²) in [4.78, 5) is 15.5. The molecule has 0 aliphatic heterocycles. The smallest absolute Gasteiger partial charge is 0.168 e. The number of ketones is 1. The van der Waals surface area contributed by atoms with Gasteiger partial charge in [-0.25, -0.2) is 4.98 Å². The zero-order valence-electron chi connectivity index (χ0n) is 9.31. The van der Waals surface area contributed by atoms with Gasteiger partial charge in [-0.2, -0.15) is 0 Å². The molecule has 0 atom stereocenters. The van der Waals surface area contributed by atoms with Gasteiger partial charge in [0.1, 0.15) is 5.82 Å². The molecule has 0 spiro atoms. The maximum absolute atomic E-state index is 11.7. The van der Waals surface area contributed by atoms with Crippen molar-refractivity contribution >= 4 is 11.6 Å². The van der Waals surface area contributed by atoms with Gasteiger partial charge in [-0.1, -0.05) is 0 Å². The Bertz CT molecular complexity index is 342. The third-order valence-electron chi connectivity index (χ3n) is 2.04. The van der Waals surface area contributed by atoms with E-state index in [0.717, 1.165) is 0 Å². The van der Waals surface area contributed by atoms with Crippen LogP contribution in [0.3, 0.4) is 0 Å². The largest absolute Gasteiger partial charge is 0.383 e. The van der Waals surface area contributed by atoms with Gasteiger partial charge in [-0.05, 0) is 12.1 Å². The summed E-state index contributed by atoms with van der Waals surface area (Å²) in [7, 11) is 1.60. The minimum atomic E-state index is -0.0528. The van der Waals surface area contributed by atoms with Crippen molar-refractivity contribution in [2.24, 2.45) is 0 Å². The van der Waals surface area contributed by atoms with E-state index < -0.39 is 0 Å². The summed E-state index contributed by atoms with van der Waals surface area (Å²) < 4.78 is 10.0. The van der Waals surface area contributed by atoms with Gasteiger partial charge in [0.25, 0.3) is 0 Å². The lowest BCUT2D eigenvalue weighted by molar-refractivity contribution is 0.0641. The molecule has 1 heterocycles. The fraction of sp³-hybridized carbons (Fsp3) is 0.455. The average Bonchev–Trinajstić information content (AvgIpc) is 2.29. The van der Waals surface area contributed by atoms with E-state index in [9.17, 15) is 4.79 Å². The van der Waals surface area contributed by atoms with Crippen LogP contribution in [0.15, 0.2) is 18.3 Å². The first kappa shape index (κ1) is 12.6. The number of rotatable bonds is 7. The number of carbonyl (C=O) groups excluding carboxylic acids is 1. The van der Waals surface area contributed by atoms with E-state index in [1.54, 1.807) is 25.4 Å². The predicted molar refractivity (Wildman–Crippen MR) is 60.3 cm³/mol. The van der Waals surface area contributed by atoms with E-state index >= 15 is 0 Å². The molecule has 1 aromatic rings. The Balaban J connectivity index is 2.33. The molecule has 0 fully saturated rings. The number of ether oxygens (including phenoxy) is 2. The number of hydrogen-bond acceptors (Lipinski definition) is 5. The van der Waals surface area contributed by atoms with Crippen LogP contribution < -0.4 is 5.73 Å². The SMILES string of the molecule is COCCOCCC(=O)c1cccnc1N. The van der Waals surface area contributed by atoms with Gasteiger partial charge in [-0.15, -0.1) is 0 Å². The molecule has 0 unspecified atom stereocenters. The highest BCUT2D eigenvalue weighted by molar-refractivity contribution is 5.99. The Kier molecular flexibility index (Phi) is 5.45. The second-order valence-electron chi connectivity index (χ2n) is 3.21. The second kappa shape index (κ2) is 6.92. The molecule has 2 N–H and O–H groups in total. The van der Waals surface area contributed by atoms with Crippen molar-refractivity contribution in [2.45, 2.75) is 6.42 Å². The summed E-state index contributed by atoms with van der Waals surface area (Å²) >= 11 is 0. The van der Waals surface area contributed by atoms with Crippen molar-refractivity contribution in [3.05, 3.63) is 23.9 Å². The summed E-state index contributed by atoms with van der Waals surface area (Å²) in [5.74, 6) is 0.215. The highest BCUT2D eigenvalue weighted by Crippen LogP contribution is 2.09. The molecule has 16 heavy (non-hydrogen) atoms. The molecule has 0 aliphatic rings. The maximum atomic E-state index is 11.7. The first-order chi connectivity index (χ1) is 7.75. The number of methoxy groups -OCH3 is 1. The average molecular weight is 224 g/mol. The molecule has 0 bridgehead atoms. The van der Waals surface area contributed by atoms with Crippen LogP contribution in [0.25, 0.3) is 0 Å². The zero-order valence-corrected chi connectivity index (χ0v) is 9.31. The lowest BCUT2D eigenvalue weighted by Crippen LogP contribution is -2.10. The Morgan fingerprint density at radius 2 is 2.25 bits per heavy atom. The fourth-order valence-corrected chi connectivity index (χ4v) is 1.20. The molecule has 5 heteroatoms. The second-order valence-corrected chi connectivity index (χ2v) is 3.21. The molecule has 0 aliphatic carbocycles. The van der Waals surface area contributed by atoms with Gasteiger partial charge in [0.15, 0.2) is 5.78 Å². The number of nitrogens with zero attached hydrogens (tertiary/aromatic N) is 1. The van der Waals surface area contributed by atoms with Crippen LogP contribution >= 0.6 is 0 Å². The Morgan fingerprint density at radius 3 is 2.94 bits per heavy atom. The first-order valence-corrected chi connectivity index (χ1v) is 5.06. The zero-order chi connectivity index (χ0) is 11.8. The summed E-state index contributed by atoms with van der Waals surface area (Å²) in [6, 6.07) is 3.36. The molecule has 5 nitrogen and oxygen atoms in total. The summed E-state index contributed by atoms with van der Waals surface area (Å²) in [6.45, 7) is 1.39. The van der Waals surface area contributed by atoms with Crippen molar-refractivity contribution in [1.29, 1.82) is 0 Å². The number of Topliss-reactive ketones (excluding diaryl/α,β-unsaturated/α-hetero) is 1. The molecule has 0 saturated carbocycles. The molecule has 0 saturated heterocycles. The first-order valence-electron chi connectivity index (χ1n) is 5.06. The molecule has 1 aromatic heterocycles. The third kappa shape index (κ3) is 3.96. The van der Waals surface area contributed by atoms with E-state index in [-0.39, 0.29) is 11.6 Å². The summed E-state index contributed by atoms with van der Waals surface area (Å²) in [5.41, 5.74) is 6.04. The van der Waals surface area contributed by atoms with Crippen LogP contribution in [0.5, 0.6) is 0 Å². The Morgan fingerprint density at radius 1 is 1.44 bits per heavy atom. The van der Waals surface area contributed by atoms with Crippen molar-refractivity contribution in [3.63, 3.8) is 0 Å². The minimum Gasteiger partial charge on any atom is -0.383 e. The van der Waals surface area contributed by atoms with Crippen LogP contribution in [0.4, 0.5) is 5.82 Å². The van der Waals surface area contributed by atoms with E-state index in [1.165, 1.54) is 0 Å². The number of carbonyl (C=O) groups is 1. The van der Waals surface area contributed by atoms with Crippen LogP contribution in [0, 0.1) is 0 Å². The standard InChI is InChI=1S/C11H16N2O3/c1-15-7-8-16-6-4-10(14)9-3-2-5-13-11(9)12/h2-3,5H,4,6-8H2,1H3,(H2,12,13). The van der Waals surface area contributed by atoms with Gasteiger partial charge in [0.2, 0.25) is 0 Å². The Labute approximate surface area is 94.6 Å². The summed E-state index contributed by atoms with van der Waals surface area (Å²) in [6.07, 6.45) is 1.86. The van der Waals surface area contributed by atoms with E-state index in [4.69, 9.17) is 15.2 Å². The lowest BCUT2D eigenvalue weighted by Gasteiger charge is -2.04. The van der Waals surface area contributed by atoms with Gasteiger partial charge in [-0.3, -0.25) is 4.79 Å². The van der Waals surface area contributed by atoms with Crippen molar-refractivity contribution in [1.82, 2.24) is 4.98 Å². The van der Waals surface area contributed by atoms with E-state index in [1.807, 2.05) is 0 Å². The van der Waals surface area contributed by atoms with Crippen molar-refractivity contribution in [2.75, 3.05) is 32.7 Å². The summed E-state index contributed by atoms with van der Waals surface area (Å²) in [5, 5.41) is 0. The minimum absolute atomic E-state index is 0.0528. The highest BCUT2D eigenvalue weighted by atomic mass is 16.5. The van der Waals surface area contributed by atoms with Crippen LogP contribution in [0.2, 0.25) is 0 Å². The molecular formula is C11H16N2O3. The predicted octanol–water partition coefficient (Wildman–Crippen LogP) is 0.900. The normalized spacial score (nSPS) is 10.3. The lowest BCUT2D eigenvalue weighted by atomic mass is 10.1. The topological polar surface area (TPSA) is 74.4 Å². The molecule has 88 valence electrons. The number of aromatic nitrogens is 1. The third-order valence-corrected chi connectivity index (χ3v) is 2.04. The number of nitrogens with two attached hydrogens (primary N) is 1. The monoisotopic (exact) mass is 224 g/mol. The quantitative estimate of drug-likeness (QED) is 0.550. The molecule has 0 amide bonds. The van der Waals surface area contributed by atoms with Gasteiger partial charge >= 0.3 is 0 Å². The molecule has 0 aromatic carbocycles. The number of nitrogen functional groups attached to an aromatic ring is 1. The van der Waals surface area contributed by atoms with E-state index in [2.05, 4.69) is 4.98 Å². The van der Waals surface area contributed by atoms with Crippen molar-refractivity contribution < 1.29 is 14.3 Å². The fourth-order valence-electron chi connectivity index (χ4n) is 1.20. The highest BCUT2D eigenvalue weighted by Gasteiger charge is 2.09. The van der Waals surface area contributed by atoms with Crippen LogP contribution in [-0.4, -0.2) is 37.7 Å². The molecular weight excluding hydrogens is 208 g/mol. The molecule has 1 rings (SSSR count). The number of anilines is 1. The maximum Gasteiger partial charge on any atom is 0.168 e. The van der Waals surface area contributed by atoms with Gasteiger partial charge < -0.3 is 15.2 Å². The van der Waals surface area contributed by atoms with Gasteiger partial charge in [0.05, 0.1) is 25.4 Å². The number of pyridine rings is 1. The van der Waals surface area contributed by atoms with Crippen molar-refractivity contribution in [3.8, 4) is 0 Å².